The molecule has 7 heteroatoms. The molecule has 1 atom stereocenters. The summed E-state index contributed by atoms with van der Waals surface area (Å²) in [6.45, 7) is 8.40. The van der Waals surface area contributed by atoms with Gasteiger partial charge in [-0.2, -0.15) is 13.2 Å². The number of fused-ring (bicyclic) bond motifs is 3. The molecule has 4 aromatic rings. The van der Waals surface area contributed by atoms with Crippen molar-refractivity contribution in [3.63, 3.8) is 0 Å². The Bertz CT molecular complexity index is 1350. The maximum atomic E-state index is 15.8. The lowest BCUT2D eigenvalue weighted by atomic mass is 9.79. The molecule has 1 unspecified atom stereocenters. The first kappa shape index (κ1) is 23.0. The van der Waals surface area contributed by atoms with Crippen molar-refractivity contribution in [1.29, 1.82) is 0 Å². The third-order valence-electron chi connectivity index (χ3n) is 7.53. The first-order valence-electron chi connectivity index (χ1n) is 12.0. The summed E-state index contributed by atoms with van der Waals surface area (Å²) in [7, 11) is 0. The van der Waals surface area contributed by atoms with Gasteiger partial charge < -0.3 is 4.98 Å². The van der Waals surface area contributed by atoms with Crippen molar-refractivity contribution < 1.29 is 13.2 Å². The molecule has 2 heterocycles. The number of H-pyrrole nitrogens is 1. The molecule has 0 spiro atoms. The van der Waals surface area contributed by atoms with Crippen LogP contribution < -0.4 is 0 Å². The molecule has 0 saturated heterocycles. The topological polar surface area (TPSA) is 36.3 Å². The second-order valence-corrected chi connectivity index (χ2v) is 9.72. The van der Waals surface area contributed by atoms with Gasteiger partial charge >= 0.3 is 6.18 Å². The molecule has 1 aliphatic rings. The number of aromatic amines is 1. The number of hydrogen-bond donors (Lipinski definition) is 1. The van der Waals surface area contributed by atoms with E-state index in [-0.39, 0.29) is 5.69 Å². The first-order chi connectivity index (χ1) is 16.2. The predicted molar refractivity (Wildman–Crippen MR) is 129 cm³/mol. The molecule has 2 aromatic heterocycles. The number of imidazole rings is 2. The molecule has 34 heavy (non-hydrogen) atoms. The number of nitrogens with one attached hydrogen (secondary N) is 1. The third kappa shape index (κ3) is 3.35. The Kier molecular flexibility index (Phi) is 5.51. The van der Waals surface area contributed by atoms with Crippen LogP contribution >= 0.6 is 0 Å². The molecule has 2 aromatic carbocycles. The van der Waals surface area contributed by atoms with Gasteiger partial charge in [0.05, 0.1) is 22.9 Å². The standard InChI is InChI=1S/C27H31F3N4/c1-5-14-33(16-20-11-12-20)26(27(28,29)30,21-13-10-17(2)18(3)19(21)4)24-15-31-25-32-22-8-6-7-9-23(22)34(24)25/h6-10,13,15,20H,5,11-12,14,16H2,1-4H3,(H,31,32). The van der Waals surface area contributed by atoms with E-state index in [1.54, 1.807) is 15.4 Å². The zero-order chi connectivity index (χ0) is 24.3. The van der Waals surface area contributed by atoms with Crippen LogP contribution in [0.4, 0.5) is 13.2 Å². The third-order valence-corrected chi connectivity index (χ3v) is 7.53. The fraction of sp³-hybridized carbons (Fsp3) is 0.444. The summed E-state index contributed by atoms with van der Waals surface area (Å²) in [5.74, 6) is 0.723. The number of halogens is 3. The van der Waals surface area contributed by atoms with Gasteiger partial charge in [-0.05, 0) is 86.9 Å². The van der Waals surface area contributed by atoms with Crippen LogP contribution in [0.2, 0.25) is 0 Å². The quantitative estimate of drug-likeness (QED) is 0.329. The molecule has 1 fully saturated rings. The Labute approximate surface area is 197 Å². The monoisotopic (exact) mass is 468 g/mol. The molecule has 1 aliphatic carbocycles. The number of rotatable bonds is 7. The fourth-order valence-corrected chi connectivity index (χ4v) is 5.41. The van der Waals surface area contributed by atoms with E-state index in [2.05, 4.69) is 9.97 Å². The summed E-state index contributed by atoms with van der Waals surface area (Å²) >= 11 is 0. The Morgan fingerprint density at radius 3 is 2.47 bits per heavy atom. The van der Waals surface area contributed by atoms with E-state index in [4.69, 9.17) is 0 Å². The lowest BCUT2D eigenvalue weighted by molar-refractivity contribution is -0.225. The molecule has 180 valence electrons. The van der Waals surface area contributed by atoms with Crippen molar-refractivity contribution in [3.05, 3.63) is 70.5 Å². The number of benzene rings is 2. The van der Waals surface area contributed by atoms with Gasteiger partial charge in [0.25, 0.3) is 0 Å². The maximum Gasteiger partial charge on any atom is 0.416 e. The highest BCUT2D eigenvalue weighted by molar-refractivity contribution is 5.80. The van der Waals surface area contributed by atoms with Crippen LogP contribution in [0.1, 0.15) is 54.1 Å². The van der Waals surface area contributed by atoms with Crippen LogP contribution in [0, 0.1) is 26.7 Å². The molecule has 1 saturated carbocycles. The minimum atomic E-state index is -4.57. The van der Waals surface area contributed by atoms with Gasteiger partial charge in [-0.1, -0.05) is 31.2 Å². The van der Waals surface area contributed by atoms with E-state index < -0.39 is 11.7 Å². The first-order valence-corrected chi connectivity index (χ1v) is 12.0. The number of aromatic nitrogens is 3. The molecule has 0 bridgehead atoms. The number of alkyl halides is 3. The van der Waals surface area contributed by atoms with Crippen molar-refractivity contribution >= 4 is 16.8 Å². The van der Waals surface area contributed by atoms with Crippen molar-refractivity contribution in [2.45, 2.75) is 58.7 Å². The van der Waals surface area contributed by atoms with E-state index in [1.165, 1.54) is 6.20 Å². The second kappa shape index (κ2) is 8.15. The maximum absolute atomic E-state index is 15.8. The summed E-state index contributed by atoms with van der Waals surface area (Å²) in [4.78, 5) is 9.33. The summed E-state index contributed by atoms with van der Waals surface area (Å²) < 4.78 is 49.1. The van der Waals surface area contributed by atoms with Gasteiger partial charge in [0, 0.05) is 6.54 Å². The van der Waals surface area contributed by atoms with Gasteiger partial charge in [-0.3, -0.25) is 9.30 Å². The van der Waals surface area contributed by atoms with E-state index in [9.17, 15) is 0 Å². The SMILES string of the molecule is CCCN(CC1CC1)C(c1ccc(C)c(C)c1C)(c1cnc2[nH]c3ccccc3n12)C(F)(F)F. The van der Waals surface area contributed by atoms with Crippen molar-refractivity contribution in [2.24, 2.45) is 5.92 Å². The molecule has 1 N–H and O–H groups in total. The van der Waals surface area contributed by atoms with Crippen LogP contribution in [0.15, 0.2) is 42.6 Å². The van der Waals surface area contributed by atoms with E-state index in [0.717, 1.165) is 29.5 Å². The molecule has 0 aliphatic heterocycles. The summed E-state index contributed by atoms with van der Waals surface area (Å²) in [5, 5.41) is 0. The zero-order valence-electron chi connectivity index (χ0n) is 20.1. The van der Waals surface area contributed by atoms with Crippen LogP contribution in [-0.2, 0) is 5.54 Å². The van der Waals surface area contributed by atoms with Gasteiger partial charge in [-0.15, -0.1) is 0 Å². The minimum absolute atomic E-state index is 0.146. The Balaban J connectivity index is 1.92. The normalized spacial score (nSPS) is 16.6. The van der Waals surface area contributed by atoms with Crippen LogP contribution in [0.25, 0.3) is 16.8 Å². The number of nitrogens with zero attached hydrogens (tertiary/aromatic N) is 3. The van der Waals surface area contributed by atoms with E-state index in [1.807, 2.05) is 58.0 Å². The highest BCUT2D eigenvalue weighted by Gasteiger charge is 2.63. The summed E-state index contributed by atoms with van der Waals surface area (Å²) in [5.41, 5.74) is 2.16. The molecule has 4 nitrogen and oxygen atoms in total. The predicted octanol–water partition coefficient (Wildman–Crippen LogP) is 6.67. The van der Waals surface area contributed by atoms with Gasteiger partial charge in [0.15, 0.2) is 5.54 Å². The molecule has 5 rings (SSSR count). The Morgan fingerprint density at radius 2 is 1.79 bits per heavy atom. The number of hydrogen-bond acceptors (Lipinski definition) is 2. The van der Waals surface area contributed by atoms with Gasteiger partial charge in [0.2, 0.25) is 5.78 Å². The highest BCUT2D eigenvalue weighted by Crippen LogP contribution is 2.52. The minimum Gasteiger partial charge on any atom is -0.323 e. The lowest BCUT2D eigenvalue weighted by Crippen LogP contribution is -2.58. The molecule has 0 radical (unpaired) electrons. The number of aryl methyl sites for hydroxylation is 1. The number of para-hydroxylation sites is 2. The van der Waals surface area contributed by atoms with Gasteiger partial charge in [0.1, 0.15) is 0 Å². The van der Waals surface area contributed by atoms with Crippen LogP contribution in [-0.4, -0.2) is 38.5 Å². The van der Waals surface area contributed by atoms with E-state index in [0.29, 0.717) is 47.8 Å². The van der Waals surface area contributed by atoms with Crippen molar-refractivity contribution in [2.75, 3.05) is 13.1 Å². The summed E-state index contributed by atoms with van der Waals surface area (Å²) in [6, 6.07) is 11.0. The zero-order valence-corrected chi connectivity index (χ0v) is 20.1. The van der Waals surface area contributed by atoms with Crippen molar-refractivity contribution in [3.8, 4) is 0 Å². The van der Waals surface area contributed by atoms with Crippen molar-refractivity contribution in [1.82, 2.24) is 19.3 Å². The smallest absolute Gasteiger partial charge is 0.323 e. The van der Waals surface area contributed by atoms with Gasteiger partial charge in [-0.25, -0.2) is 4.98 Å². The second-order valence-electron chi connectivity index (χ2n) is 9.72. The summed E-state index contributed by atoms with van der Waals surface area (Å²) in [6.07, 6.45) is -0.554. The lowest BCUT2D eigenvalue weighted by Gasteiger charge is -2.46. The van der Waals surface area contributed by atoms with Crippen LogP contribution in [0.5, 0.6) is 0 Å². The highest BCUT2D eigenvalue weighted by atomic mass is 19.4. The van der Waals surface area contributed by atoms with E-state index >= 15 is 13.2 Å². The molecule has 0 amide bonds. The average molecular weight is 469 g/mol. The molecular weight excluding hydrogens is 437 g/mol. The molecular formula is C27H31F3N4. The largest absolute Gasteiger partial charge is 0.416 e. The van der Waals surface area contributed by atoms with Crippen LogP contribution in [0.3, 0.4) is 0 Å². The Morgan fingerprint density at radius 1 is 1.06 bits per heavy atom. The Hall–Kier alpha value is -2.80. The average Bonchev–Trinajstić information content (AvgIpc) is 3.39. The fourth-order valence-electron chi connectivity index (χ4n) is 5.41.